The molecule has 1 fully saturated rings. The van der Waals surface area contributed by atoms with Crippen molar-refractivity contribution in [1.82, 2.24) is 5.32 Å². The van der Waals surface area contributed by atoms with Crippen LogP contribution in [0.4, 0.5) is 0 Å². The van der Waals surface area contributed by atoms with Crippen LogP contribution in [0.5, 0.6) is 0 Å². The number of benzene rings is 2. The molecular formula is C21H19NO4. The van der Waals surface area contributed by atoms with E-state index in [4.69, 9.17) is 4.74 Å². The zero-order chi connectivity index (χ0) is 18.1. The van der Waals surface area contributed by atoms with E-state index in [2.05, 4.69) is 5.32 Å². The van der Waals surface area contributed by atoms with Gasteiger partial charge in [-0.05, 0) is 11.1 Å². The van der Waals surface area contributed by atoms with Gasteiger partial charge in [-0.3, -0.25) is 9.59 Å². The highest BCUT2D eigenvalue weighted by Gasteiger charge is 2.53. The van der Waals surface area contributed by atoms with Crippen molar-refractivity contribution in [3.05, 3.63) is 83.9 Å². The molecule has 2 aliphatic rings. The fourth-order valence-corrected chi connectivity index (χ4v) is 3.80. The predicted molar refractivity (Wildman–Crippen MR) is 95.3 cm³/mol. The lowest BCUT2D eigenvalue weighted by atomic mass is 9.82. The third kappa shape index (κ3) is 2.91. The van der Waals surface area contributed by atoms with Crippen LogP contribution in [0.25, 0.3) is 0 Å². The van der Waals surface area contributed by atoms with E-state index in [9.17, 15) is 14.7 Å². The van der Waals surface area contributed by atoms with Crippen molar-refractivity contribution < 1.29 is 19.4 Å². The minimum atomic E-state index is -1.00. The first-order chi connectivity index (χ1) is 12.6. The van der Waals surface area contributed by atoms with Crippen LogP contribution in [0.2, 0.25) is 0 Å². The lowest BCUT2D eigenvalue weighted by Crippen LogP contribution is -2.43. The zero-order valence-electron chi connectivity index (χ0n) is 14.0. The Kier molecular flexibility index (Phi) is 4.31. The van der Waals surface area contributed by atoms with Crippen molar-refractivity contribution in [2.24, 2.45) is 11.8 Å². The summed E-state index contributed by atoms with van der Waals surface area (Å²) in [5.74, 6) is -2.88. The van der Waals surface area contributed by atoms with Gasteiger partial charge in [-0.25, -0.2) is 0 Å². The van der Waals surface area contributed by atoms with Crippen LogP contribution < -0.4 is 5.32 Å². The standard InChI is InChI=1S/C21H19NO4/c23-20(17-15-11-12-16(26-15)18(17)21(24)25)22-19(13-7-3-1-4-8-13)14-9-5-2-6-10-14/h1-12,15-19H,(H,22,23)(H,24,25)/t15-,16+,17-,18+/m1/s1. The fraction of sp³-hybridized carbons (Fsp3) is 0.238. The molecule has 0 aliphatic carbocycles. The van der Waals surface area contributed by atoms with Gasteiger partial charge in [-0.15, -0.1) is 0 Å². The molecule has 2 aliphatic heterocycles. The molecule has 2 N–H and O–H groups in total. The smallest absolute Gasteiger partial charge is 0.310 e. The molecule has 0 spiro atoms. The fourth-order valence-electron chi connectivity index (χ4n) is 3.80. The number of hydrogen-bond donors (Lipinski definition) is 2. The highest BCUT2D eigenvalue weighted by Crippen LogP contribution is 2.40. The molecule has 4 atom stereocenters. The number of hydrogen-bond acceptors (Lipinski definition) is 3. The SMILES string of the molecule is O=C(O)[C@@H]1[C@H](C(=O)NC(c2ccccc2)c2ccccc2)[C@H]2C=C[C@@H]1O2. The molecule has 2 bridgehead atoms. The van der Waals surface area contributed by atoms with Gasteiger partial charge >= 0.3 is 5.97 Å². The molecule has 1 saturated heterocycles. The summed E-state index contributed by atoms with van der Waals surface area (Å²) in [5.41, 5.74) is 1.89. The summed E-state index contributed by atoms with van der Waals surface area (Å²) in [6.07, 6.45) is 2.52. The molecule has 0 saturated carbocycles. The number of aliphatic carboxylic acids is 1. The Balaban J connectivity index is 1.63. The molecule has 132 valence electrons. The zero-order valence-corrected chi connectivity index (χ0v) is 14.0. The second kappa shape index (κ2) is 6.77. The van der Waals surface area contributed by atoms with Crippen molar-refractivity contribution in [3.8, 4) is 0 Å². The molecule has 5 heteroatoms. The molecule has 2 aromatic rings. The van der Waals surface area contributed by atoms with Crippen LogP contribution >= 0.6 is 0 Å². The molecule has 0 unspecified atom stereocenters. The van der Waals surface area contributed by atoms with Gasteiger partial charge in [-0.1, -0.05) is 72.8 Å². The van der Waals surface area contributed by atoms with Crippen LogP contribution in [-0.2, 0) is 14.3 Å². The lowest BCUT2D eigenvalue weighted by molar-refractivity contribution is -0.146. The van der Waals surface area contributed by atoms with E-state index in [0.29, 0.717) is 0 Å². The van der Waals surface area contributed by atoms with E-state index in [0.717, 1.165) is 11.1 Å². The summed E-state index contributed by atoms with van der Waals surface area (Å²) in [6.45, 7) is 0. The maximum atomic E-state index is 13.0. The van der Waals surface area contributed by atoms with Gasteiger partial charge in [0.2, 0.25) is 5.91 Å². The topological polar surface area (TPSA) is 75.6 Å². The van der Waals surface area contributed by atoms with Gasteiger partial charge in [0.15, 0.2) is 0 Å². The number of rotatable bonds is 5. The Morgan fingerprint density at radius 3 is 1.85 bits per heavy atom. The minimum Gasteiger partial charge on any atom is -0.481 e. The molecule has 26 heavy (non-hydrogen) atoms. The minimum absolute atomic E-state index is 0.299. The van der Waals surface area contributed by atoms with Crippen LogP contribution in [0.15, 0.2) is 72.8 Å². The average molecular weight is 349 g/mol. The van der Waals surface area contributed by atoms with Crippen LogP contribution in [0.3, 0.4) is 0 Å². The van der Waals surface area contributed by atoms with Crippen LogP contribution in [0.1, 0.15) is 17.2 Å². The highest BCUT2D eigenvalue weighted by atomic mass is 16.5. The first kappa shape index (κ1) is 16.5. The Morgan fingerprint density at radius 1 is 0.846 bits per heavy atom. The summed E-state index contributed by atoms with van der Waals surface area (Å²) in [4.78, 5) is 24.7. The second-order valence-electron chi connectivity index (χ2n) is 6.60. The number of fused-ring (bicyclic) bond motifs is 2. The molecule has 2 heterocycles. The van der Waals surface area contributed by atoms with Gasteiger partial charge < -0.3 is 15.2 Å². The van der Waals surface area contributed by atoms with Crippen molar-refractivity contribution >= 4 is 11.9 Å². The Labute approximate surface area is 151 Å². The van der Waals surface area contributed by atoms with Crippen molar-refractivity contribution in [3.63, 3.8) is 0 Å². The summed E-state index contributed by atoms with van der Waals surface area (Å²) >= 11 is 0. The van der Waals surface area contributed by atoms with Crippen molar-refractivity contribution in [1.29, 1.82) is 0 Å². The number of nitrogens with one attached hydrogen (secondary N) is 1. The molecule has 2 aromatic carbocycles. The van der Waals surface area contributed by atoms with Gasteiger partial charge in [0.25, 0.3) is 0 Å². The molecule has 0 radical (unpaired) electrons. The van der Waals surface area contributed by atoms with E-state index in [1.165, 1.54) is 0 Å². The first-order valence-electron chi connectivity index (χ1n) is 8.62. The molecule has 0 aromatic heterocycles. The third-order valence-electron chi connectivity index (χ3n) is 5.04. The summed E-state index contributed by atoms with van der Waals surface area (Å²) in [6, 6.07) is 19.0. The number of carbonyl (C=O) groups is 2. The van der Waals surface area contributed by atoms with E-state index in [1.54, 1.807) is 12.2 Å². The summed E-state index contributed by atoms with van der Waals surface area (Å²) in [5, 5.41) is 12.6. The largest absolute Gasteiger partial charge is 0.481 e. The van der Waals surface area contributed by atoms with Crippen LogP contribution in [-0.4, -0.2) is 29.2 Å². The van der Waals surface area contributed by atoms with Crippen molar-refractivity contribution in [2.45, 2.75) is 18.2 Å². The Bertz CT molecular complexity index is 794. The van der Waals surface area contributed by atoms with E-state index in [1.807, 2.05) is 60.7 Å². The Hall–Kier alpha value is -2.92. The van der Waals surface area contributed by atoms with E-state index < -0.39 is 30.0 Å². The summed E-state index contributed by atoms with van der Waals surface area (Å²) < 4.78 is 5.62. The number of carbonyl (C=O) groups excluding carboxylic acids is 1. The van der Waals surface area contributed by atoms with Crippen molar-refractivity contribution in [2.75, 3.05) is 0 Å². The van der Waals surface area contributed by atoms with E-state index >= 15 is 0 Å². The summed E-state index contributed by atoms with van der Waals surface area (Å²) in [7, 11) is 0. The quantitative estimate of drug-likeness (QED) is 0.814. The number of ether oxygens (including phenoxy) is 1. The van der Waals surface area contributed by atoms with Crippen LogP contribution in [0, 0.1) is 11.8 Å². The number of carboxylic acids is 1. The number of carboxylic acid groups (broad SMARTS) is 1. The van der Waals surface area contributed by atoms with E-state index in [-0.39, 0.29) is 11.9 Å². The first-order valence-corrected chi connectivity index (χ1v) is 8.62. The molecule has 5 nitrogen and oxygen atoms in total. The second-order valence-corrected chi connectivity index (χ2v) is 6.60. The maximum Gasteiger partial charge on any atom is 0.310 e. The van der Waals surface area contributed by atoms with Gasteiger partial charge in [0, 0.05) is 0 Å². The lowest BCUT2D eigenvalue weighted by Gasteiger charge is -2.25. The normalized spacial score (nSPS) is 26.2. The number of amides is 1. The molecular weight excluding hydrogens is 330 g/mol. The molecule has 4 rings (SSSR count). The van der Waals surface area contributed by atoms with Gasteiger partial charge in [-0.2, -0.15) is 0 Å². The molecule has 1 amide bonds. The highest BCUT2D eigenvalue weighted by molar-refractivity contribution is 5.87. The monoisotopic (exact) mass is 349 g/mol. The average Bonchev–Trinajstić information content (AvgIpc) is 3.29. The Morgan fingerprint density at radius 2 is 1.35 bits per heavy atom. The predicted octanol–water partition coefficient (Wildman–Crippen LogP) is 2.55. The maximum absolute atomic E-state index is 13.0. The van der Waals surface area contributed by atoms with Gasteiger partial charge in [0.1, 0.15) is 5.92 Å². The third-order valence-corrected chi connectivity index (χ3v) is 5.04. The van der Waals surface area contributed by atoms with Gasteiger partial charge in [0.05, 0.1) is 24.2 Å².